The minimum absolute atomic E-state index is 0.0447. The van der Waals surface area contributed by atoms with Crippen LogP contribution in [0.25, 0.3) is 0 Å². The monoisotopic (exact) mass is 295 g/mol. The highest BCUT2D eigenvalue weighted by atomic mass is 19.1. The molecule has 0 heterocycles. The Hall–Kier alpha value is -1.46. The summed E-state index contributed by atoms with van der Waals surface area (Å²) in [5.74, 6) is -1.27. The summed E-state index contributed by atoms with van der Waals surface area (Å²) in [4.78, 5) is 12.2. The molecule has 5 heteroatoms. The van der Waals surface area contributed by atoms with Gasteiger partial charge in [0.05, 0.1) is 12.1 Å². The molecule has 3 N–H and O–H groups in total. The first-order valence-electron chi connectivity index (χ1n) is 7.43. The normalized spacial score (nSPS) is 19.6. The highest BCUT2D eigenvalue weighted by Crippen LogP contribution is 2.28. The molecule has 21 heavy (non-hydrogen) atoms. The average Bonchev–Trinajstić information content (AvgIpc) is 2.73. The van der Waals surface area contributed by atoms with E-state index in [1.165, 1.54) is 18.2 Å². The maximum absolute atomic E-state index is 13.6. The molecule has 2 rings (SSSR count). The Bertz CT molecular complexity index is 484. The molecule has 1 atom stereocenters. The van der Waals surface area contributed by atoms with Crippen molar-refractivity contribution in [2.45, 2.75) is 50.2 Å². The van der Waals surface area contributed by atoms with E-state index >= 15 is 0 Å². The lowest BCUT2D eigenvalue weighted by Crippen LogP contribution is -2.52. The smallest absolute Gasteiger partial charge is 0.254 e. The van der Waals surface area contributed by atoms with E-state index in [9.17, 15) is 19.4 Å². The Balaban J connectivity index is 2.10. The fourth-order valence-electron chi connectivity index (χ4n) is 2.90. The summed E-state index contributed by atoms with van der Waals surface area (Å²) in [7, 11) is 0. The van der Waals surface area contributed by atoms with Crippen molar-refractivity contribution < 1.29 is 19.4 Å². The molecule has 0 saturated heterocycles. The summed E-state index contributed by atoms with van der Waals surface area (Å²) in [5.41, 5.74) is -0.739. The van der Waals surface area contributed by atoms with E-state index in [0.29, 0.717) is 12.8 Å². The number of hydrogen-bond donors (Lipinski definition) is 3. The molecule has 1 aliphatic carbocycles. The number of carbonyl (C=O) groups is 1. The van der Waals surface area contributed by atoms with E-state index in [0.717, 1.165) is 25.7 Å². The zero-order valence-corrected chi connectivity index (χ0v) is 12.0. The molecule has 0 bridgehead atoms. The zero-order valence-electron chi connectivity index (χ0n) is 12.0. The molecule has 1 unspecified atom stereocenters. The first-order valence-corrected chi connectivity index (χ1v) is 7.43. The molecule has 0 radical (unpaired) electrons. The van der Waals surface area contributed by atoms with Crippen LogP contribution in [0.1, 0.15) is 50.2 Å². The lowest BCUT2D eigenvalue weighted by atomic mass is 9.90. The van der Waals surface area contributed by atoms with Gasteiger partial charge in [-0.3, -0.25) is 4.79 Å². The maximum Gasteiger partial charge on any atom is 0.254 e. The van der Waals surface area contributed by atoms with Gasteiger partial charge >= 0.3 is 0 Å². The largest absolute Gasteiger partial charge is 0.394 e. The van der Waals surface area contributed by atoms with Crippen LogP contribution in [0.2, 0.25) is 0 Å². The predicted octanol–water partition coefficient (Wildman–Crippen LogP) is 2.06. The number of aliphatic hydroxyl groups is 2. The first-order chi connectivity index (χ1) is 10.1. The van der Waals surface area contributed by atoms with Crippen LogP contribution < -0.4 is 5.32 Å². The van der Waals surface area contributed by atoms with Crippen molar-refractivity contribution >= 4 is 5.91 Å². The van der Waals surface area contributed by atoms with Crippen LogP contribution in [0.15, 0.2) is 24.3 Å². The van der Waals surface area contributed by atoms with Crippen molar-refractivity contribution in [1.82, 2.24) is 5.32 Å². The molecular weight excluding hydrogens is 273 g/mol. The lowest BCUT2D eigenvalue weighted by molar-refractivity contribution is -0.132. The number of amides is 1. The number of rotatable bonds is 4. The minimum Gasteiger partial charge on any atom is -0.394 e. The van der Waals surface area contributed by atoms with Crippen molar-refractivity contribution in [3.05, 3.63) is 35.6 Å². The number of nitrogens with one attached hydrogen (secondary N) is 1. The van der Waals surface area contributed by atoms with E-state index in [1.807, 2.05) is 0 Å². The number of hydrogen-bond acceptors (Lipinski definition) is 3. The molecular formula is C16H22FNO3. The summed E-state index contributed by atoms with van der Waals surface area (Å²) in [6, 6.07) is 5.67. The van der Waals surface area contributed by atoms with E-state index < -0.39 is 23.4 Å². The van der Waals surface area contributed by atoms with E-state index in [1.54, 1.807) is 6.07 Å². The van der Waals surface area contributed by atoms with Crippen molar-refractivity contribution in [2.75, 3.05) is 6.61 Å². The standard InChI is InChI=1S/C16H22FNO3/c17-13-8-4-3-7-12(13)14(20)15(21)18-16(11-19)9-5-1-2-6-10-16/h3-4,7-8,14,19-20H,1-2,5-6,9-11H2,(H,18,21). The second-order valence-corrected chi connectivity index (χ2v) is 5.77. The summed E-state index contributed by atoms with van der Waals surface area (Å²) < 4.78 is 13.6. The van der Waals surface area contributed by atoms with Crippen LogP contribution in [0, 0.1) is 5.82 Å². The molecule has 4 nitrogen and oxygen atoms in total. The van der Waals surface area contributed by atoms with Gasteiger partial charge in [0.25, 0.3) is 5.91 Å². The van der Waals surface area contributed by atoms with Crippen molar-refractivity contribution in [2.24, 2.45) is 0 Å². The topological polar surface area (TPSA) is 69.6 Å². The Morgan fingerprint density at radius 1 is 1.24 bits per heavy atom. The average molecular weight is 295 g/mol. The number of halogens is 1. The molecule has 1 saturated carbocycles. The quantitative estimate of drug-likeness (QED) is 0.745. The van der Waals surface area contributed by atoms with Gasteiger partial charge in [-0.25, -0.2) is 4.39 Å². The molecule has 1 aromatic carbocycles. The van der Waals surface area contributed by atoms with Gasteiger partial charge in [-0.05, 0) is 18.9 Å². The van der Waals surface area contributed by atoms with Crippen LogP contribution in [0.4, 0.5) is 4.39 Å². The van der Waals surface area contributed by atoms with Gasteiger partial charge in [-0.2, -0.15) is 0 Å². The van der Waals surface area contributed by atoms with Crippen molar-refractivity contribution in [3.63, 3.8) is 0 Å². The van der Waals surface area contributed by atoms with Gasteiger partial charge in [0.1, 0.15) is 5.82 Å². The Kier molecular flexibility index (Phi) is 5.31. The van der Waals surface area contributed by atoms with Crippen LogP contribution in [0.5, 0.6) is 0 Å². The van der Waals surface area contributed by atoms with Gasteiger partial charge < -0.3 is 15.5 Å². The lowest BCUT2D eigenvalue weighted by Gasteiger charge is -2.33. The summed E-state index contributed by atoms with van der Waals surface area (Å²) in [6.07, 6.45) is 3.81. The van der Waals surface area contributed by atoms with Crippen molar-refractivity contribution in [3.8, 4) is 0 Å². The van der Waals surface area contributed by atoms with E-state index in [2.05, 4.69) is 5.32 Å². The third-order valence-electron chi connectivity index (χ3n) is 4.20. The summed E-state index contributed by atoms with van der Waals surface area (Å²) in [5, 5.41) is 22.4. The van der Waals surface area contributed by atoms with Crippen LogP contribution in [0.3, 0.4) is 0 Å². The van der Waals surface area contributed by atoms with Gasteiger partial charge in [-0.1, -0.05) is 43.9 Å². The molecule has 1 fully saturated rings. The zero-order chi connectivity index (χ0) is 15.3. The van der Waals surface area contributed by atoms with Gasteiger partial charge in [0.2, 0.25) is 0 Å². The molecule has 0 aromatic heterocycles. The first kappa shape index (κ1) is 15.9. The summed E-state index contributed by atoms with van der Waals surface area (Å²) >= 11 is 0. The van der Waals surface area contributed by atoms with Gasteiger partial charge in [0, 0.05) is 5.56 Å². The SMILES string of the molecule is O=C(NC1(CO)CCCCCC1)C(O)c1ccccc1F. The fraction of sp³-hybridized carbons (Fsp3) is 0.562. The summed E-state index contributed by atoms with van der Waals surface area (Å²) in [6.45, 7) is -0.164. The van der Waals surface area contributed by atoms with Crippen LogP contribution in [-0.4, -0.2) is 28.3 Å². The highest BCUT2D eigenvalue weighted by Gasteiger charge is 2.34. The molecule has 116 valence electrons. The molecule has 0 spiro atoms. The molecule has 1 aliphatic rings. The van der Waals surface area contributed by atoms with Crippen molar-refractivity contribution in [1.29, 1.82) is 0 Å². The Morgan fingerprint density at radius 2 is 1.86 bits per heavy atom. The van der Waals surface area contributed by atoms with E-state index in [4.69, 9.17) is 0 Å². The maximum atomic E-state index is 13.6. The number of aliphatic hydroxyl groups excluding tert-OH is 2. The Labute approximate surface area is 124 Å². The van der Waals surface area contributed by atoms with Crippen LogP contribution >= 0.6 is 0 Å². The van der Waals surface area contributed by atoms with Crippen LogP contribution in [-0.2, 0) is 4.79 Å². The molecule has 1 amide bonds. The Morgan fingerprint density at radius 3 is 2.43 bits per heavy atom. The third-order valence-corrected chi connectivity index (χ3v) is 4.20. The number of carbonyl (C=O) groups excluding carboxylic acids is 1. The molecule has 1 aromatic rings. The van der Waals surface area contributed by atoms with E-state index in [-0.39, 0.29) is 12.2 Å². The minimum atomic E-state index is -1.56. The number of benzene rings is 1. The second-order valence-electron chi connectivity index (χ2n) is 5.77. The fourth-order valence-corrected chi connectivity index (χ4v) is 2.90. The predicted molar refractivity (Wildman–Crippen MR) is 77.0 cm³/mol. The molecule has 0 aliphatic heterocycles. The van der Waals surface area contributed by atoms with Gasteiger partial charge in [-0.15, -0.1) is 0 Å². The highest BCUT2D eigenvalue weighted by molar-refractivity contribution is 5.82. The third kappa shape index (κ3) is 3.80. The van der Waals surface area contributed by atoms with Gasteiger partial charge in [0.15, 0.2) is 6.10 Å². The second kappa shape index (κ2) is 7.00.